The molecule has 0 saturated carbocycles. The number of nitrogens with one attached hydrogen (secondary N) is 1. The molecule has 0 bridgehead atoms. The maximum absolute atomic E-state index is 12.7. The van der Waals surface area contributed by atoms with Crippen molar-refractivity contribution in [2.45, 2.75) is 18.9 Å². The second-order valence-electron chi connectivity index (χ2n) is 6.77. The molecule has 1 amide bonds. The quantitative estimate of drug-likeness (QED) is 0.778. The van der Waals surface area contributed by atoms with Crippen molar-refractivity contribution in [3.8, 4) is 11.3 Å². The van der Waals surface area contributed by atoms with Crippen LogP contribution >= 0.6 is 0 Å². The zero-order valence-corrected chi connectivity index (χ0v) is 14.9. The summed E-state index contributed by atoms with van der Waals surface area (Å²) in [6.45, 7) is 2.13. The van der Waals surface area contributed by atoms with E-state index in [1.165, 1.54) is 0 Å². The van der Waals surface area contributed by atoms with E-state index >= 15 is 0 Å². The highest BCUT2D eigenvalue weighted by Gasteiger charge is 2.21. The predicted molar refractivity (Wildman–Crippen MR) is 96.9 cm³/mol. The highest BCUT2D eigenvalue weighted by atomic mass is 16.3. The zero-order chi connectivity index (χ0) is 18.1. The molecule has 1 aliphatic heterocycles. The van der Waals surface area contributed by atoms with Crippen LogP contribution in [-0.2, 0) is 7.05 Å². The Morgan fingerprint density at radius 3 is 2.81 bits per heavy atom. The summed E-state index contributed by atoms with van der Waals surface area (Å²) >= 11 is 0. The Hall–Kier alpha value is -2.87. The van der Waals surface area contributed by atoms with Gasteiger partial charge in [0.2, 0.25) is 0 Å². The van der Waals surface area contributed by atoms with Gasteiger partial charge in [0, 0.05) is 25.0 Å². The predicted octanol–water partition coefficient (Wildman–Crippen LogP) is 2.40. The van der Waals surface area contributed by atoms with Crippen LogP contribution in [0, 0.1) is 0 Å². The fourth-order valence-corrected chi connectivity index (χ4v) is 3.33. The van der Waals surface area contributed by atoms with Crippen LogP contribution in [0.15, 0.2) is 41.6 Å². The van der Waals surface area contributed by atoms with E-state index in [9.17, 15) is 4.79 Å². The van der Waals surface area contributed by atoms with Gasteiger partial charge in [-0.3, -0.25) is 14.2 Å². The number of amides is 1. The smallest absolute Gasteiger partial charge is 0.259 e. The van der Waals surface area contributed by atoms with Crippen LogP contribution in [0.2, 0.25) is 0 Å². The Balaban J connectivity index is 1.49. The van der Waals surface area contributed by atoms with Gasteiger partial charge in [-0.1, -0.05) is 0 Å². The van der Waals surface area contributed by atoms with E-state index in [-0.39, 0.29) is 5.91 Å². The molecule has 4 rings (SSSR count). The molecule has 0 atom stereocenters. The number of aryl methyl sites for hydroxylation is 1. The summed E-state index contributed by atoms with van der Waals surface area (Å²) in [6, 6.07) is 2.17. The van der Waals surface area contributed by atoms with Gasteiger partial charge in [-0.2, -0.15) is 10.2 Å². The molecule has 26 heavy (non-hydrogen) atoms. The fourth-order valence-electron chi connectivity index (χ4n) is 3.33. The first-order valence-corrected chi connectivity index (χ1v) is 8.70. The highest BCUT2D eigenvalue weighted by Crippen LogP contribution is 2.25. The summed E-state index contributed by atoms with van der Waals surface area (Å²) in [4.78, 5) is 15.1. The molecule has 0 radical (unpaired) electrons. The fraction of sp³-hybridized carbons (Fsp3) is 0.389. The lowest BCUT2D eigenvalue weighted by molar-refractivity contribution is 0.102. The van der Waals surface area contributed by atoms with Crippen LogP contribution in [0.3, 0.4) is 0 Å². The SMILES string of the molecule is CN1CCC(n2cc(NC(=O)c3cn(C)nc3-c3ccoc3)cn2)CC1. The molecule has 0 unspecified atom stereocenters. The number of nitrogens with zero attached hydrogens (tertiary/aromatic N) is 5. The summed E-state index contributed by atoms with van der Waals surface area (Å²) in [7, 11) is 3.93. The van der Waals surface area contributed by atoms with Crippen molar-refractivity contribution < 1.29 is 9.21 Å². The van der Waals surface area contributed by atoms with Crippen molar-refractivity contribution in [1.82, 2.24) is 24.5 Å². The molecule has 8 heteroatoms. The Bertz CT molecular complexity index is 887. The maximum atomic E-state index is 12.7. The number of furan rings is 1. The summed E-state index contributed by atoms with van der Waals surface area (Å²) < 4.78 is 8.70. The summed E-state index contributed by atoms with van der Waals surface area (Å²) in [5.41, 5.74) is 2.57. The van der Waals surface area contributed by atoms with Crippen molar-refractivity contribution in [3.63, 3.8) is 0 Å². The number of hydrogen-bond donors (Lipinski definition) is 1. The van der Waals surface area contributed by atoms with Crippen molar-refractivity contribution in [2.75, 3.05) is 25.5 Å². The number of hydrogen-bond acceptors (Lipinski definition) is 5. The second-order valence-corrected chi connectivity index (χ2v) is 6.77. The number of carbonyl (C=O) groups is 1. The number of carbonyl (C=O) groups excluding carboxylic acids is 1. The molecule has 1 saturated heterocycles. The summed E-state index contributed by atoms with van der Waals surface area (Å²) in [6.07, 6.45) is 10.6. The van der Waals surface area contributed by atoms with Gasteiger partial charge in [0.1, 0.15) is 5.69 Å². The highest BCUT2D eigenvalue weighted by molar-refractivity contribution is 6.07. The molecular formula is C18H22N6O2. The van der Waals surface area contributed by atoms with Crippen molar-refractivity contribution in [1.29, 1.82) is 0 Å². The number of likely N-dealkylation sites (tertiary alicyclic amines) is 1. The van der Waals surface area contributed by atoms with E-state index < -0.39 is 0 Å². The van der Waals surface area contributed by atoms with Gasteiger partial charge >= 0.3 is 0 Å². The van der Waals surface area contributed by atoms with Gasteiger partial charge in [-0.15, -0.1) is 0 Å². The minimum atomic E-state index is -0.211. The van der Waals surface area contributed by atoms with Crippen LogP contribution in [0.25, 0.3) is 11.3 Å². The van der Waals surface area contributed by atoms with E-state index in [1.807, 2.05) is 10.9 Å². The zero-order valence-electron chi connectivity index (χ0n) is 14.9. The number of anilines is 1. The monoisotopic (exact) mass is 354 g/mol. The van der Waals surface area contributed by atoms with Gasteiger partial charge in [-0.25, -0.2) is 0 Å². The maximum Gasteiger partial charge on any atom is 0.259 e. The molecular weight excluding hydrogens is 332 g/mol. The van der Waals surface area contributed by atoms with E-state index in [0.29, 0.717) is 23.0 Å². The summed E-state index contributed by atoms with van der Waals surface area (Å²) in [5, 5.41) is 11.7. The normalized spacial score (nSPS) is 16.1. The average molecular weight is 354 g/mol. The molecule has 0 aliphatic carbocycles. The molecule has 3 aromatic heterocycles. The molecule has 4 heterocycles. The molecule has 3 aromatic rings. The first-order valence-electron chi connectivity index (χ1n) is 8.70. The topological polar surface area (TPSA) is 81.1 Å². The molecule has 0 spiro atoms. The Morgan fingerprint density at radius 1 is 1.27 bits per heavy atom. The number of aromatic nitrogens is 4. The lowest BCUT2D eigenvalue weighted by Crippen LogP contribution is -2.31. The van der Waals surface area contributed by atoms with E-state index in [1.54, 1.807) is 42.7 Å². The Kier molecular flexibility index (Phi) is 4.34. The van der Waals surface area contributed by atoms with Crippen LogP contribution in [0.4, 0.5) is 5.69 Å². The third kappa shape index (κ3) is 3.28. The molecule has 1 aliphatic rings. The van der Waals surface area contributed by atoms with Crippen molar-refractivity contribution in [3.05, 3.63) is 42.7 Å². The summed E-state index contributed by atoms with van der Waals surface area (Å²) in [5.74, 6) is -0.211. The lowest BCUT2D eigenvalue weighted by Gasteiger charge is -2.28. The third-order valence-electron chi connectivity index (χ3n) is 4.79. The molecule has 1 N–H and O–H groups in total. The largest absolute Gasteiger partial charge is 0.472 e. The van der Waals surface area contributed by atoms with Crippen LogP contribution in [0.5, 0.6) is 0 Å². The second kappa shape index (κ2) is 6.80. The van der Waals surface area contributed by atoms with Gasteiger partial charge < -0.3 is 14.6 Å². The third-order valence-corrected chi connectivity index (χ3v) is 4.79. The molecule has 1 fully saturated rings. The van der Waals surface area contributed by atoms with E-state index in [2.05, 4.69) is 27.5 Å². The van der Waals surface area contributed by atoms with E-state index in [4.69, 9.17) is 4.42 Å². The van der Waals surface area contributed by atoms with Crippen LogP contribution in [-0.4, -0.2) is 50.5 Å². The first-order chi connectivity index (χ1) is 12.6. The lowest BCUT2D eigenvalue weighted by atomic mass is 10.1. The van der Waals surface area contributed by atoms with Gasteiger partial charge in [0.05, 0.1) is 36.0 Å². The average Bonchev–Trinajstić information content (AvgIpc) is 3.35. The Morgan fingerprint density at radius 2 is 2.08 bits per heavy atom. The molecule has 8 nitrogen and oxygen atoms in total. The minimum absolute atomic E-state index is 0.211. The minimum Gasteiger partial charge on any atom is -0.472 e. The van der Waals surface area contributed by atoms with Gasteiger partial charge in [0.25, 0.3) is 5.91 Å². The number of piperidine rings is 1. The molecule has 0 aromatic carbocycles. The number of rotatable bonds is 4. The van der Waals surface area contributed by atoms with Crippen LogP contribution in [0.1, 0.15) is 29.2 Å². The van der Waals surface area contributed by atoms with Crippen LogP contribution < -0.4 is 5.32 Å². The van der Waals surface area contributed by atoms with Crippen molar-refractivity contribution >= 4 is 11.6 Å². The first kappa shape index (κ1) is 16.6. The van der Waals surface area contributed by atoms with E-state index in [0.717, 1.165) is 31.5 Å². The standard InChI is InChI=1S/C18H22N6O2/c1-22-6-3-15(4-7-22)24-10-14(9-19-24)20-18(25)16-11-23(2)21-17(16)13-5-8-26-12-13/h5,8-12,15H,3-4,6-7H2,1-2H3,(H,20,25). The van der Waals surface area contributed by atoms with Crippen molar-refractivity contribution in [2.24, 2.45) is 7.05 Å². The van der Waals surface area contributed by atoms with Gasteiger partial charge in [0.15, 0.2) is 0 Å². The van der Waals surface area contributed by atoms with Gasteiger partial charge in [-0.05, 0) is 39.0 Å². The molecule has 136 valence electrons. The Labute approximate surface area is 151 Å².